The Balaban J connectivity index is 2.90. The first-order valence-electron chi connectivity index (χ1n) is 5.39. The van der Waals surface area contributed by atoms with Crippen LogP contribution in [0.3, 0.4) is 0 Å². The lowest BCUT2D eigenvalue weighted by molar-refractivity contribution is 0.124. The Morgan fingerprint density at radius 1 is 1.08 bits per heavy atom. The van der Waals surface area contributed by atoms with Crippen LogP contribution in [-0.4, -0.2) is 13.2 Å². The van der Waals surface area contributed by atoms with E-state index in [0.29, 0.717) is 0 Å². The van der Waals surface area contributed by atoms with Crippen LogP contribution in [0.25, 0.3) is 0 Å². The highest BCUT2D eigenvalue weighted by atomic mass is 16.5. The fourth-order valence-corrected chi connectivity index (χ4v) is 1.09. The van der Waals surface area contributed by atoms with Crippen LogP contribution in [0.4, 0.5) is 0 Å². The molecule has 0 aliphatic rings. The molecule has 1 atom stereocenters. The van der Waals surface area contributed by atoms with Gasteiger partial charge >= 0.3 is 0 Å². The van der Waals surface area contributed by atoms with E-state index in [2.05, 4.69) is 20.8 Å². The van der Waals surface area contributed by atoms with Gasteiger partial charge in [-0.3, -0.25) is 0 Å². The average Bonchev–Trinajstić information content (AvgIpc) is 2.10. The molecule has 0 radical (unpaired) electrons. The van der Waals surface area contributed by atoms with Crippen molar-refractivity contribution in [2.45, 2.75) is 52.9 Å². The quantitative estimate of drug-likeness (QED) is 0.508. The third-order valence-electron chi connectivity index (χ3n) is 2.32. The summed E-state index contributed by atoms with van der Waals surface area (Å²) in [6.45, 7) is 8.68. The van der Waals surface area contributed by atoms with Crippen molar-refractivity contribution in [3.05, 3.63) is 0 Å². The minimum atomic E-state index is 0.875. The minimum Gasteiger partial charge on any atom is -0.381 e. The van der Waals surface area contributed by atoms with E-state index in [1.807, 2.05) is 0 Å². The van der Waals surface area contributed by atoms with Gasteiger partial charge in [0.1, 0.15) is 0 Å². The lowest BCUT2D eigenvalue weighted by atomic mass is 10.0. The molecular weight excluding hydrogens is 148 g/mol. The normalized spacial score (nSPS) is 13.2. The van der Waals surface area contributed by atoms with Crippen molar-refractivity contribution in [3.63, 3.8) is 0 Å². The number of unbranched alkanes of at least 4 members (excludes halogenated alkanes) is 1. The van der Waals surface area contributed by atoms with E-state index in [4.69, 9.17) is 4.74 Å². The Labute approximate surface area is 77.5 Å². The SMILES string of the molecule is CCCCOCCCC(C)CC. The third-order valence-corrected chi connectivity index (χ3v) is 2.32. The van der Waals surface area contributed by atoms with E-state index in [-0.39, 0.29) is 0 Å². The summed E-state index contributed by atoms with van der Waals surface area (Å²) < 4.78 is 5.47. The largest absolute Gasteiger partial charge is 0.381 e. The molecule has 1 nitrogen and oxygen atoms in total. The Kier molecular flexibility index (Phi) is 9.02. The second-order valence-corrected chi connectivity index (χ2v) is 3.62. The molecule has 1 unspecified atom stereocenters. The molecule has 0 aliphatic heterocycles. The Morgan fingerprint density at radius 2 is 1.75 bits per heavy atom. The van der Waals surface area contributed by atoms with Gasteiger partial charge in [0, 0.05) is 13.2 Å². The maximum Gasteiger partial charge on any atom is 0.0466 e. The number of hydrogen-bond acceptors (Lipinski definition) is 1. The molecule has 0 fully saturated rings. The summed E-state index contributed by atoms with van der Waals surface area (Å²) in [6.07, 6.45) is 6.31. The lowest BCUT2D eigenvalue weighted by Gasteiger charge is -2.07. The summed E-state index contributed by atoms with van der Waals surface area (Å²) in [6, 6.07) is 0. The maximum atomic E-state index is 5.47. The molecule has 0 aliphatic carbocycles. The molecule has 0 saturated carbocycles. The third kappa shape index (κ3) is 8.06. The van der Waals surface area contributed by atoms with Crippen molar-refractivity contribution < 1.29 is 4.74 Å². The fourth-order valence-electron chi connectivity index (χ4n) is 1.09. The van der Waals surface area contributed by atoms with Gasteiger partial charge in [-0.2, -0.15) is 0 Å². The van der Waals surface area contributed by atoms with Crippen LogP contribution < -0.4 is 0 Å². The Morgan fingerprint density at radius 3 is 2.33 bits per heavy atom. The van der Waals surface area contributed by atoms with Gasteiger partial charge in [0.25, 0.3) is 0 Å². The zero-order chi connectivity index (χ0) is 9.23. The molecule has 0 spiro atoms. The van der Waals surface area contributed by atoms with Gasteiger partial charge < -0.3 is 4.74 Å². The highest BCUT2D eigenvalue weighted by Crippen LogP contribution is 2.08. The van der Waals surface area contributed by atoms with Crippen LogP contribution in [0.1, 0.15) is 52.9 Å². The fraction of sp³-hybridized carbons (Fsp3) is 1.00. The van der Waals surface area contributed by atoms with Crippen LogP contribution in [0, 0.1) is 5.92 Å². The summed E-state index contributed by atoms with van der Waals surface area (Å²) in [5.74, 6) is 0.875. The number of ether oxygens (including phenoxy) is 1. The predicted molar refractivity (Wildman–Crippen MR) is 54.4 cm³/mol. The second-order valence-electron chi connectivity index (χ2n) is 3.62. The van der Waals surface area contributed by atoms with Gasteiger partial charge in [0.15, 0.2) is 0 Å². The molecule has 0 rings (SSSR count). The first-order valence-corrected chi connectivity index (χ1v) is 5.39. The molecular formula is C11H24O. The molecule has 74 valence electrons. The lowest BCUT2D eigenvalue weighted by Crippen LogP contribution is -1.99. The number of hydrogen-bond donors (Lipinski definition) is 0. The second kappa shape index (κ2) is 9.05. The van der Waals surface area contributed by atoms with Crippen LogP contribution in [0.2, 0.25) is 0 Å². The Bertz CT molecular complexity index is 81.1. The van der Waals surface area contributed by atoms with Crippen molar-refractivity contribution in [1.82, 2.24) is 0 Å². The molecule has 0 N–H and O–H groups in total. The summed E-state index contributed by atoms with van der Waals surface area (Å²) in [5.41, 5.74) is 0. The molecule has 0 aromatic heterocycles. The summed E-state index contributed by atoms with van der Waals surface area (Å²) in [4.78, 5) is 0. The van der Waals surface area contributed by atoms with E-state index in [1.54, 1.807) is 0 Å². The van der Waals surface area contributed by atoms with Crippen LogP contribution >= 0.6 is 0 Å². The monoisotopic (exact) mass is 172 g/mol. The van der Waals surface area contributed by atoms with Crippen LogP contribution in [0.15, 0.2) is 0 Å². The first-order chi connectivity index (χ1) is 5.81. The minimum absolute atomic E-state index is 0.875. The van der Waals surface area contributed by atoms with Gasteiger partial charge in [0.05, 0.1) is 0 Å². The van der Waals surface area contributed by atoms with E-state index in [9.17, 15) is 0 Å². The number of rotatable bonds is 8. The molecule has 1 heteroatoms. The van der Waals surface area contributed by atoms with Crippen molar-refractivity contribution in [3.8, 4) is 0 Å². The van der Waals surface area contributed by atoms with Crippen LogP contribution in [0.5, 0.6) is 0 Å². The predicted octanol–water partition coefficient (Wildman–Crippen LogP) is 3.63. The zero-order valence-corrected chi connectivity index (χ0v) is 8.94. The van der Waals surface area contributed by atoms with Gasteiger partial charge in [-0.1, -0.05) is 33.6 Å². The van der Waals surface area contributed by atoms with Crippen molar-refractivity contribution in [2.24, 2.45) is 5.92 Å². The van der Waals surface area contributed by atoms with E-state index < -0.39 is 0 Å². The highest BCUT2D eigenvalue weighted by Gasteiger charge is 1.97. The highest BCUT2D eigenvalue weighted by molar-refractivity contribution is 4.49. The molecule has 0 saturated heterocycles. The van der Waals surface area contributed by atoms with E-state index in [1.165, 1.54) is 32.1 Å². The summed E-state index contributed by atoms with van der Waals surface area (Å²) in [5, 5.41) is 0. The standard InChI is InChI=1S/C11H24O/c1-4-6-9-12-10-7-8-11(3)5-2/h11H,4-10H2,1-3H3. The van der Waals surface area contributed by atoms with E-state index >= 15 is 0 Å². The van der Waals surface area contributed by atoms with E-state index in [0.717, 1.165) is 19.1 Å². The molecule has 0 amide bonds. The zero-order valence-electron chi connectivity index (χ0n) is 8.94. The smallest absolute Gasteiger partial charge is 0.0466 e. The molecule has 0 aromatic rings. The molecule has 0 aromatic carbocycles. The molecule has 12 heavy (non-hydrogen) atoms. The van der Waals surface area contributed by atoms with Gasteiger partial charge in [0.2, 0.25) is 0 Å². The van der Waals surface area contributed by atoms with Gasteiger partial charge in [-0.25, -0.2) is 0 Å². The first kappa shape index (κ1) is 12.0. The van der Waals surface area contributed by atoms with Crippen molar-refractivity contribution in [1.29, 1.82) is 0 Å². The van der Waals surface area contributed by atoms with Gasteiger partial charge in [-0.05, 0) is 25.2 Å². The summed E-state index contributed by atoms with van der Waals surface area (Å²) >= 11 is 0. The maximum absolute atomic E-state index is 5.47. The van der Waals surface area contributed by atoms with Gasteiger partial charge in [-0.15, -0.1) is 0 Å². The summed E-state index contributed by atoms with van der Waals surface area (Å²) in [7, 11) is 0. The van der Waals surface area contributed by atoms with Crippen molar-refractivity contribution in [2.75, 3.05) is 13.2 Å². The van der Waals surface area contributed by atoms with Crippen molar-refractivity contribution >= 4 is 0 Å². The Hall–Kier alpha value is -0.0400. The molecule has 0 heterocycles. The topological polar surface area (TPSA) is 9.23 Å². The average molecular weight is 172 g/mol. The van der Waals surface area contributed by atoms with Crippen LogP contribution in [-0.2, 0) is 4.74 Å². The molecule has 0 bridgehead atoms.